The van der Waals surface area contributed by atoms with Crippen molar-refractivity contribution in [3.63, 3.8) is 0 Å². The normalized spacial score (nSPS) is 8.80. The summed E-state index contributed by atoms with van der Waals surface area (Å²) in [7, 11) is 0. The maximum atomic E-state index is 11.0. The van der Waals surface area contributed by atoms with Crippen molar-refractivity contribution in [2.75, 3.05) is 0 Å². The number of aryl methyl sites for hydroxylation is 1. The number of carbonyl (C=O) groups is 1. The Hall–Kier alpha value is -1.31. The summed E-state index contributed by atoms with van der Waals surface area (Å²) in [5, 5.41) is 2.85. The van der Waals surface area contributed by atoms with E-state index in [0.29, 0.717) is 13.0 Å². The van der Waals surface area contributed by atoms with E-state index >= 15 is 0 Å². The zero-order chi connectivity index (χ0) is 11.7. The van der Waals surface area contributed by atoms with Gasteiger partial charge in [-0.1, -0.05) is 45.0 Å². The standard InChI is InChI=1S/C11H15NO.C2H6/c1-3-11(13)12-8-10-7-5-4-6-9(10)2;1-2/h4-7H,3,8H2,1-2H3,(H,12,13);1-2H3. The lowest BCUT2D eigenvalue weighted by molar-refractivity contribution is -0.120. The Morgan fingerprint density at radius 1 is 1.27 bits per heavy atom. The van der Waals surface area contributed by atoms with Crippen LogP contribution in [0.1, 0.15) is 38.3 Å². The first-order chi connectivity index (χ1) is 7.24. The number of hydrogen-bond acceptors (Lipinski definition) is 1. The summed E-state index contributed by atoms with van der Waals surface area (Å²) in [6.45, 7) is 8.54. The lowest BCUT2D eigenvalue weighted by Crippen LogP contribution is -2.21. The minimum absolute atomic E-state index is 0.100. The first-order valence-corrected chi connectivity index (χ1v) is 5.55. The molecule has 1 rings (SSSR count). The van der Waals surface area contributed by atoms with Gasteiger partial charge in [0.2, 0.25) is 5.91 Å². The van der Waals surface area contributed by atoms with Crippen LogP contribution in [0.5, 0.6) is 0 Å². The van der Waals surface area contributed by atoms with Crippen LogP contribution in [0.3, 0.4) is 0 Å². The highest BCUT2D eigenvalue weighted by Crippen LogP contribution is 2.05. The summed E-state index contributed by atoms with van der Waals surface area (Å²) in [4.78, 5) is 11.0. The molecule has 2 heteroatoms. The third-order valence-corrected chi connectivity index (χ3v) is 2.06. The van der Waals surface area contributed by atoms with E-state index in [1.807, 2.05) is 52.0 Å². The Balaban J connectivity index is 0.000000921. The van der Waals surface area contributed by atoms with Crippen molar-refractivity contribution in [3.05, 3.63) is 35.4 Å². The van der Waals surface area contributed by atoms with Crippen LogP contribution in [-0.4, -0.2) is 5.91 Å². The molecule has 0 aliphatic rings. The molecular weight excluding hydrogens is 186 g/mol. The number of nitrogens with one attached hydrogen (secondary N) is 1. The molecule has 1 aromatic rings. The number of hydrogen-bond donors (Lipinski definition) is 1. The van der Waals surface area contributed by atoms with Crippen molar-refractivity contribution in [3.8, 4) is 0 Å². The predicted molar refractivity (Wildman–Crippen MR) is 64.7 cm³/mol. The first kappa shape index (κ1) is 13.7. The van der Waals surface area contributed by atoms with E-state index in [-0.39, 0.29) is 5.91 Å². The molecule has 15 heavy (non-hydrogen) atoms. The van der Waals surface area contributed by atoms with Crippen LogP contribution in [0, 0.1) is 6.92 Å². The fourth-order valence-electron chi connectivity index (χ4n) is 1.13. The van der Waals surface area contributed by atoms with E-state index in [0.717, 1.165) is 0 Å². The fraction of sp³-hybridized carbons (Fsp3) is 0.462. The molecule has 1 amide bonds. The van der Waals surface area contributed by atoms with Crippen molar-refractivity contribution in [1.29, 1.82) is 0 Å². The smallest absolute Gasteiger partial charge is 0.219 e. The minimum atomic E-state index is 0.100. The Morgan fingerprint density at radius 3 is 2.40 bits per heavy atom. The van der Waals surface area contributed by atoms with Gasteiger partial charge in [0.25, 0.3) is 0 Å². The van der Waals surface area contributed by atoms with Crippen LogP contribution in [0.25, 0.3) is 0 Å². The molecule has 0 bridgehead atoms. The van der Waals surface area contributed by atoms with E-state index in [2.05, 4.69) is 5.32 Å². The van der Waals surface area contributed by atoms with E-state index in [1.54, 1.807) is 0 Å². The lowest BCUT2D eigenvalue weighted by atomic mass is 10.1. The Bertz CT molecular complexity index is 294. The molecule has 0 saturated heterocycles. The SMILES string of the molecule is CC.CCC(=O)NCc1ccccc1C. The molecule has 0 saturated carbocycles. The quantitative estimate of drug-likeness (QED) is 0.811. The molecule has 84 valence electrons. The van der Waals surface area contributed by atoms with Gasteiger partial charge in [-0.25, -0.2) is 0 Å². The Labute approximate surface area is 92.7 Å². The van der Waals surface area contributed by atoms with Gasteiger partial charge in [-0.2, -0.15) is 0 Å². The third-order valence-electron chi connectivity index (χ3n) is 2.06. The van der Waals surface area contributed by atoms with E-state index in [9.17, 15) is 4.79 Å². The van der Waals surface area contributed by atoms with E-state index in [1.165, 1.54) is 11.1 Å². The summed E-state index contributed by atoms with van der Waals surface area (Å²) >= 11 is 0. The fourth-order valence-corrected chi connectivity index (χ4v) is 1.13. The summed E-state index contributed by atoms with van der Waals surface area (Å²) in [6, 6.07) is 8.07. The maximum Gasteiger partial charge on any atom is 0.219 e. The van der Waals surface area contributed by atoms with Gasteiger partial charge in [-0.3, -0.25) is 4.79 Å². The van der Waals surface area contributed by atoms with Crippen molar-refractivity contribution in [2.24, 2.45) is 0 Å². The van der Waals surface area contributed by atoms with Crippen molar-refractivity contribution in [2.45, 2.75) is 40.7 Å². The van der Waals surface area contributed by atoms with Crippen molar-refractivity contribution >= 4 is 5.91 Å². The van der Waals surface area contributed by atoms with Crippen LogP contribution in [0.4, 0.5) is 0 Å². The van der Waals surface area contributed by atoms with Gasteiger partial charge in [0.05, 0.1) is 0 Å². The van der Waals surface area contributed by atoms with Crippen LogP contribution in [0.2, 0.25) is 0 Å². The lowest BCUT2D eigenvalue weighted by Gasteiger charge is -2.06. The summed E-state index contributed by atoms with van der Waals surface area (Å²) in [5.74, 6) is 0.100. The van der Waals surface area contributed by atoms with Gasteiger partial charge in [0.1, 0.15) is 0 Å². The van der Waals surface area contributed by atoms with Crippen LogP contribution in [0.15, 0.2) is 24.3 Å². The van der Waals surface area contributed by atoms with Gasteiger partial charge >= 0.3 is 0 Å². The second kappa shape index (κ2) is 8.04. The first-order valence-electron chi connectivity index (χ1n) is 5.55. The third kappa shape index (κ3) is 5.21. The average molecular weight is 207 g/mol. The molecule has 0 aromatic heterocycles. The van der Waals surface area contributed by atoms with Gasteiger partial charge in [-0.05, 0) is 18.1 Å². The highest BCUT2D eigenvalue weighted by Gasteiger charge is 1.98. The van der Waals surface area contributed by atoms with Crippen LogP contribution >= 0.6 is 0 Å². The van der Waals surface area contributed by atoms with Gasteiger partial charge < -0.3 is 5.32 Å². The highest BCUT2D eigenvalue weighted by atomic mass is 16.1. The molecule has 0 aliphatic heterocycles. The molecule has 0 fully saturated rings. The highest BCUT2D eigenvalue weighted by molar-refractivity contribution is 5.75. The summed E-state index contributed by atoms with van der Waals surface area (Å²) < 4.78 is 0. The molecule has 0 heterocycles. The maximum absolute atomic E-state index is 11.0. The molecule has 0 radical (unpaired) electrons. The zero-order valence-electron chi connectivity index (χ0n) is 10.1. The molecule has 2 nitrogen and oxygen atoms in total. The van der Waals surface area contributed by atoms with Gasteiger partial charge in [0.15, 0.2) is 0 Å². The van der Waals surface area contributed by atoms with Gasteiger partial charge in [0, 0.05) is 13.0 Å². The van der Waals surface area contributed by atoms with Crippen molar-refractivity contribution < 1.29 is 4.79 Å². The van der Waals surface area contributed by atoms with Crippen LogP contribution in [-0.2, 0) is 11.3 Å². The number of carbonyl (C=O) groups excluding carboxylic acids is 1. The molecule has 1 N–H and O–H groups in total. The monoisotopic (exact) mass is 207 g/mol. The zero-order valence-corrected chi connectivity index (χ0v) is 10.1. The topological polar surface area (TPSA) is 29.1 Å². The van der Waals surface area contributed by atoms with E-state index in [4.69, 9.17) is 0 Å². The Morgan fingerprint density at radius 2 is 1.87 bits per heavy atom. The number of amides is 1. The Kier molecular flexibility index (Phi) is 7.33. The number of benzene rings is 1. The largest absolute Gasteiger partial charge is 0.352 e. The summed E-state index contributed by atoms with van der Waals surface area (Å²) in [5.41, 5.74) is 2.41. The second-order valence-corrected chi connectivity index (χ2v) is 3.06. The average Bonchev–Trinajstić information content (AvgIpc) is 2.30. The number of rotatable bonds is 3. The molecule has 0 unspecified atom stereocenters. The predicted octanol–water partition coefficient (Wildman–Crippen LogP) is 3.05. The van der Waals surface area contributed by atoms with E-state index < -0.39 is 0 Å². The summed E-state index contributed by atoms with van der Waals surface area (Å²) in [6.07, 6.45) is 0.548. The molecular formula is C13H21NO. The molecule has 1 aromatic carbocycles. The second-order valence-electron chi connectivity index (χ2n) is 3.06. The molecule has 0 aliphatic carbocycles. The van der Waals surface area contributed by atoms with Crippen molar-refractivity contribution in [1.82, 2.24) is 5.32 Å². The van der Waals surface area contributed by atoms with Gasteiger partial charge in [-0.15, -0.1) is 0 Å². The molecule has 0 spiro atoms. The van der Waals surface area contributed by atoms with Crippen LogP contribution < -0.4 is 5.32 Å². The molecule has 0 atom stereocenters. The minimum Gasteiger partial charge on any atom is -0.352 e.